The van der Waals surface area contributed by atoms with E-state index in [0.717, 1.165) is 0 Å². The van der Waals surface area contributed by atoms with Crippen LogP contribution in [0.2, 0.25) is 0 Å². The molecule has 0 saturated carbocycles. The fourth-order valence-corrected chi connectivity index (χ4v) is 3.25. The zero-order valence-corrected chi connectivity index (χ0v) is 16.5. The lowest BCUT2D eigenvalue weighted by Crippen LogP contribution is -2.13. The molecule has 0 aliphatic heterocycles. The molecule has 6 nitrogen and oxygen atoms in total. The average Bonchev–Trinajstić information content (AvgIpc) is 2.58. The largest absolute Gasteiger partial charge is 0.398 e. The minimum Gasteiger partial charge on any atom is -0.398 e. The third-order valence-electron chi connectivity index (χ3n) is 4.68. The van der Waals surface area contributed by atoms with Gasteiger partial charge in [0, 0.05) is 22.5 Å². The smallest absolute Gasteiger partial charge is 0.171 e. The van der Waals surface area contributed by atoms with Gasteiger partial charge in [-0.2, -0.15) is 0 Å². The third kappa shape index (κ3) is 4.17. The molecule has 0 bridgehead atoms. The number of benzene rings is 2. The number of Topliss-reactive ketones (excluding diaryl/α,β-unsaturated/α-hetero) is 4. The summed E-state index contributed by atoms with van der Waals surface area (Å²) in [5, 5.41) is 0. The molecule has 146 valence electrons. The molecule has 0 unspecified atom stereocenters. The fraction of sp³-hybridized carbons (Fsp3) is 0.273. The van der Waals surface area contributed by atoms with E-state index in [1.165, 1.54) is 13.8 Å². The third-order valence-corrected chi connectivity index (χ3v) is 4.68. The van der Waals surface area contributed by atoms with E-state index < -0.39 is 0 Å². The summed E-state index contributed by atoms with van der Waals surface area (Å²) < 4.78 is 0. The molecule has 0 radical (unpaired) electrons. The highest BCUT2D eigenvalue weighted by Gasteiger charge is 2.24. The van der Waals surface area contributed by atoms with E-state index in [-0.39, 0.29) is 36.0 Å². The maximum absolute atomic E-state index is 12.8. The summed E-state index contributed by atoms with van der Waals surface area (Å²) >= 11 is 0. The van der Waals surface area contributed by atoms with Crippen LogP contribution in [0, 0.1) is 13.8 Å². The molecular weight excluding hydrogens is 356 g/mol. The maximum Gasteiger partial charge on any atom is 0.171 e. The number of carbonyl (C=O) groups is 4. The van der Waals surface area contributed by atoms with Crippen LogP contribution in [0.1, 0.15) is 58.5 Å². The number of nitrogens with two attached hydrogens (primary N) is 2. The zero-order valence-electron chi connectivity index (χ0n) is 16.5. The van der Waals surface area contributed by atoms with Crippen LogP contribution in [0.3, 0.4) is 0 Å². The minimum absolute atomic E-state index is 0.262. The number of carbonyl (C=O) groups excluding carboxylic acids is 4. The van der Waals surface area contributed by atoms with Gasteiger partial charge in [0.05, 0.1) is 12.8 Å². The van der Waals surface area contributed by atoms with Crippen LogP contribution in [-0.2, 0) is 9.59 Å². The summed E-state index contributed by atoms with van der Waals surface area (Å²) in [4.78, 5) is 48.6. The average molecular weight is 380 g/mol. The van der Waals surface area contributed by atoms with Crippen molar-refractivity contribution in [2.45, 2.75) is 40.5 Å². The number of hydrogen-bond donors (Lipinski definition) is 2. The second-order valence-electron chi connectivity index (χ2n) is 7.01. The van der Waals surface area contributed by atoms with Gasteiger partial charge in [0.15, 0.2) is 11.6 Å². The molecule has 6 heteroatoms. The van der Waals surface area contributed by atoms with Crippen LogP contribution >= 0.6 is 0 Å². The number of hydrogen-bond acceptors (Lipinski definition) is 6. The first-order chi connectivity index (χ1) is 13.0. The van der Waals surface area contributed by atoms with Crippen molar-refractivity contribution in [3.8, 4) is 11.1 Å². The highest BCUT2D eigenvalue weighted by molar-refractivity contribution is 6.16. The van der Waals surface area contributed by atoms with Crippen LogP contribution < -0.4 is 11.5 Å². The van der Waals surface area contributed by atoms with Crippen LogP contribution in [0.4, 0.5) is 11.4 Å². The molecule has 0 amide bonds. The van der Waals surface area contributed by atoms with Crippen molar-refractivity contribution in [1.82, 2.24) is 0 Å². The Morgan fingerprint density at radius 3 is 1.29 bits per heavy atom. The van der Waals surface area contributed by atoms with Gasteiger partial charge in [-0.05, 0) is 62.1 Å². The summed E-state index contributed by atoms with van der Waals surface area (Å²) in [6, 6.07) is 6.62. The second kappa shape index (κ2) is 8.17. The number of ketones is 4. The molecule has 2 rings (SSSR count). The normalized spacial score (nSPS) is 10.6. The van der Waals surface area contributed by atoms with Crippen LogP contribution in [0.15, 0.2) is 24.3 Å². The van der Waals surface area contributed by atoms with Gasteiger partial charge < -0.3 is 11.5 Å². The highest BCUT2D eigenvalue weighted by atomic mass is 16.2. The Kier molecular flexibility index (Phi) is 6.13. The molecule has 0 fully saturated rings. The topological polar surface area (TPSA) is 120 Å². The van der Waals surface area contributed by atoms with Crippen molar-refractivity contribution in [1.29, 1.82) is 0 Å². The summed E-state index contributed by atoms with van der Waals surface area (Å²) in [6.45, 7) is 6.09. The first-order valence-corrected chi connectivity index (χ1v) is 8.88. The van der Waals surface area contributed by atoms with E-state index >= 15 is 0 Å². The molecular formula is C22H24N2O4. The molecule has 0 atom stereocenters. The predicted molar refractivity (Wildman–Crippen MR) is 109 cm³/mol. The van der Waals surface area contributed by atoms with Gasteiger partial charge in [-0.15, -0.1) is 0 Å². The monoisotopic (exact) mass is 380 g/mol. The number of nitrogen functional groups attached to an aromatic ring is 2. The van der Waals surface area contributed by atoms with Gasteiger partial charge in [0.25, 0.3) is 0 Å². The van der Waals surface area contributed by atoms with Crippen molar-refractivity contribution in [2.24, 2.45) is 0 Å². The Labute approximate surface area is 163 Å². The lowest BCUT2D eigenvalue weighted by molar-refractivity contribution is -0.117. The van der Waals surface area contributed by atoms with Crippen LogP contribution in [-0.4, -0.2) is 23.1 Å². The van der Waals surface area contributed by atoms with Crippen molar-refractivity contribution in [2.75, 3.05) is 11.5 Å². The first kappa shape index (κ1) is 21.0. The second-order valence-corrected chi connectivity index (χ2v) is 7.01. The van der Waals surface area contributed by atoms with Crippen molar-refractivity contribution < 1.29 is 19.2 Å². The van der Waals surface area contributed by atoms with E-state index in [1.54, 1.807) is 38.1 Å². The molecule has 0 aromatic heterocycles. The van der Waals surface area contributed by atoms with Gasteiger partial charge in [-0.1, -0.05) is 12.1 Å². The van der Waals surface area contributed by atoms with Gasteiger partial charge >= 0.3 is 0 Å². The number of anilines is 2. The Morgan fingerprint density at radius 1 is 0.679 bits per heavy atom. The van der Waals surface area contributed by atoms with E-state index in [4.69, 9.17) is 11.5 Å². The highest BCUT2D eigenvalue weighted by Crippen LogP contribution is 2.36. The molecule has 2 aromatic carbocycles. The van der Waals surface area contributed by atoms with E-state index in [1.807, 2.05) is 0 Å². The Morgan fingerprint density at radius 2 is 1.00 bits per heavy atom. The SMILES string of the molecule is CC(=O)CC(=O)c1c(-c2ccc(N)c(C)c2C(=O)CC(C)=O)ccc(N)c1C. The Bertz CT molecular complexity index is 925. The Hall–Kier alpha value is -3.28. The molecule has 28 heavy (non-hydrogen) atoms. The van der Waals surface area contributed by atoms with Crippen LogP contribution in [0.5, 0.6) is 0 Å². The minimum atomic E-state index is -0.369. The molecule has 0 spiro atoms. The maximum atomic E-state index is 12.8. The van der Waals surface area contributed by atoms with Gasteiger partial charge in [-0.3, -0.25) is 19.2 Å². The van der Waals surface area contributed by atoms with Crippen molar-refractivity contribution in [3.05, 3.63) is 46.5 Å². The van der Waals surface area contributed by atoms with Gasteiger partial charge in [0.2, 0.25) is 0 Å². The van der Waals surface area contributed by atoms with Gasteiger partial charge in [-0.25, -0.2) is 0 Å². The molecule has 0 aliphatic rings. The zero-order chi connectivity index (χ0) is 21.2. The Balaban J connectivity index is 2.82. The lowest BCUT2D eigenvalue weighted by Gasteiger charge is -2.18. The predicted octanol–water partition coefficient (Wildman–Crippen LogP) is 3.46. The molecule has 0 saturated heterocycles. The van der Waals surface area contributed by atoms with Crippen molar-refractivity contribution in [3.63, 3.8) is 0 Å². The standard InChI is InChI=1S/C22H24N2O4/c1-11(25)9-19(27)21-13(3)17(23)7-5-15(21)16-6-8-18(24)14(4)22(16)20(28)10-12(2)26/h5-8H,9-10,23-24H2,1-4H3. The molecule has 0 heterocycles. The molecule has 4 N–H and O–H groups in total. The molecule has 0 aliphatic carbocycles. The van der Waals surface area contributed by atoms with Gasteiger partial charge in [0.1, 0.15) is 11.6 Å². The summed E-state index contributed by atoms with van der Waals surface area (Å²) in [6.07, 6.45) is -0.524. The summed E-state index contributed by atoms with van der Waals surface area (Å²) in [7, 11) is 0. The van der Waals surface area contributed by atoms with Crippen molar-refractivity contribution >= 4 is 34.5 Å². The summed E-state index contributed by atoms with van der Waals surface area (Å²) in [5.41, 5.74) is 15.5. The molecule has 2 aromatic rings. The fourth-order valence-electron chi connectivity index (χ4n) is 3.25. The van der Waals surface area contributed by atoms with E-state index in [0.29, 0.717) is 44.8 Å². The number of rotatable bonds is 7. The van der Waals surface area contributed by atoms with E-state index in [2.05, 4.69) is 0 Å². The van der Waals surface area contributed by atoms with Crippen LogP contribution in [0.25, 0.3) is 11.1 Å². The summed E-state index contributed by atoms with van der Waals surface area (Å²) in [5.74, 6) is -1.27. The lowest BCUT2D eigenvalue weighted by atomic mass is 9.85. The first-order valence-electron chi connectivity index (χ1n) is 8.88. The quantitative estimate of drug-likeness (QED) is 0.431. The van der Waals surface area contributed by atoms with E-state index in [9.17, 15) is 19.2 Å².